The van der Waals surface area contributed by atoms with E-state index in [1.165, 1.54) is 38.3 Å². The Balaban J connectivity index is 1.32. The highest BCUT2D eigenvalue weighted by molar-refractivity contribution is 5.87. The summed E-state index contributed by atoms with van der Waals surface area (Å²) in [5, 5.41) is 26.9. The normalized spacial score (nSPS) is 18.8. The Morgan fingerprint density at radius 2 is 1.45 bits per heavy atom. The molecule has 454 valence electrons. The van der Waals surface area contributed by atoms with Crippen LogP contribution in [-0.2, 0) is 41.6 Å². The molecule has 3 fully saturated rings. The van der Waals surface area contributed by atoms with Crippen LogP contribution in [0.3, 0.4) is 0 Å². The molecule has 26 heteroatoms. The van der Waals surface area contributed by atoms with Gasteiger partial charge < -0.3 is 45.7 Å². The predicted octanol–water partition coefficient (Wildman–Crippen LogP) is 5.96. The van der Waals surface area contributed by atoms with Crippen LogP contribution in [0.15, 0.2) is 65.8 Å². The summed E-state index contributed by atoms with van der Waals surface area (Å²) < 4.78 is 134. The molecule has 18 nitrogen and oxygen atoms in total. The number of rotatable bonds is 22. The first-order valence-corrected chi connectivity index (χ1v) is 26.6. The largest absolute Gasteiger partial charge is 0.469 e. The summed E-state index contributed by atoms with van der Waals surface area (Å²) in [6.07, 6.45) is -9.16. The maximum Gasteiger partial charge on any atom is 0.407 e. The van der Waals surface area contributed by atoms with Crippen molar-refractivity contribution in [2.75, 3.05) is 58.5 Å². The maximum absolute atomic E-state index is 16.1. The van der Waals surface area contributed by atoms with E-state index >= 15 is 8.78 Å². The smallest absolute Gasteiger partial charge is 0.407 e. The van der Waals surface area contributed by atoms with E-state index in [1.807, 2.05) is 17.4 Å². The number of benzene rings is 2. The van der Waals surface area contributed by atoms with Gasteiger partial charge in [-0.3, -0.25) is 29.7 Å². The monoisotopic (exact) mass is 1180 g/mol. The molecule has 0 aliphatic carbocycles. The molecule has 6 rings (SSSR count). The standard InChI is InChI=1S/C57H71F8N9O9/c1-53(2,80)32-67-20-19-44(66)36-22-42(58)40(43(59)23-36)28-73(71-50(77)41(24-48(76)81-7)54(3,4)56(60,61)62)29-46(75)45(69-51(78)49(70-52(79)82-8)55(5,6)57(63,64)65)21-34-12-9-33(10-13-34)11-14-35-15-18-47(68-25-35)72-26-37-16-17-38(27-72)74(37)39-30-83-31-39/h9-10,12-13,15,18-20,22-23,25,37-39,41,45-46,49,75,80H,16-17,21,24,26-32,66H2,1-8H3,(H,69,78)(H,70,79)(H,71,77)/t37?,38?,41-,45+,46+,49-/m1/s1. The first-order chi connectivity index (χ1) is 38.7. The van der Waals surface area contributed by atoms with Gasteiger partial charge in [-0.15, -0.1) is 0 Å². The van der Waals surface area contributed by atoms with E-state index in [-0.39, 0.29) is 17.8 Å². The van der Waals surface area contributed by atoms with Crippen molar-refractivity contribution in [2.45, 2.75) is 128 Å². The molecule has 4 heterocycles. The Morgan fingerprint density at radius 1 is 0.855 bits per heavy atom. The summed E-state index contributed by atoms with van der Waals surface area (Å²) in [6.45, 7) is 6.51. The number of carbonyl (C=O) groups excluding carboxylic acids is 4. The number of fused-ring (bicyclic) bond motifs is 2. The average Bonchev–Trinajstić information content (AvgIpc) is 3.31. The van der Waals surface area contributed by atoms with Gasteiger partial charge in [0.05, 0.1) is 80.9 Å². The molecule has 3 aliphatic heterocycles. The summed E-state index contributed by atoms with van der Waals surface area (Å²) in [7, 11) is 1.71. The number of piperazine rings is 1. The number of alkyl halides is 6. The fourth-order valence-electron chi connectivity index (χ4n) is 9.82. The van der Waals surface area contributed by atoms with Crippen LogP contribution in [0.2, 0.25) is 0 Å². The van der Waals surface area contributed by atoms with Crippen LogP contribution in [0.4, 0.5) is 45.7 Å². The molecule has 6 atom stereocenters. The second-order valence-electron chi connectivity index (χ2n) is 22.7. The molecule has 83 heavy (non-hydrogen) atoms. The van der Waals surface area contributed by atoms with E-state index in [0.717, 1.165) is 71.3 Å². The van der Waals surface area contributed by atoms with Gasteiger partial charge in [-0.25, -0.2) is 23.6 Å². The summed E-state index contributed by atoms with van der Waals surface area (Å²) in [5.41, 5.74) is 1.16. The van der Waals surface area contributed by atoms with E-state index in [2.05, 4.69) is 51.8 Å². The summed E-state index contributed by atoms with van der Waals surface area (Å²) in [6, 6.07) is 8.66. The zero-order valence-electron chi connectivity index (χ0n) is 47.3. The molecular formula is C57H71F8N9O9. The Labute approximate surface area is 476 Å². The molecule has 2 unspecified atom stereocenters. The number of allylic oxidation sites excluding steroid dienone is 1. The number of aliphatic imine (C=N–C) groups is 1. The number of carbonyl (C=O) groups is 4. The molecule has 3 amide bonds. The molecular weight excluding hydrogens is 1110 g/mol. The lowest BCUT2D eigenvalue weighted by Gasteiger charge is -2.47. The quantitative estimate of drug-likeness (QED) is 0.0224. The molecule has 2 bridgehead atoms. The van der Waals surface area contributed by atoms with Crippen LogP contribution < -0.4 is 26.7 Å². The number of pyridine rings is 1. The van der Waals surface area contributed by atoms with Crippen molar-refractivity contribution in [3.05, 3.63) is 100 Å². The van der Waals surface area contributed by atoms with Gasteiger partial charge in [-0.05, 0) is 95.0 Å². The first-order valence-electron chi connectivity index (χ1n) is 26.6. The number of hydrazine groups is 1. The van der Waals surface area contributed by atoms with Crippen molar-refractivity contribution in [1.29, 1.82) is 0 Å². The topological polar surface area (TPSA) is 234 Å². The van der Waals surface area contributed by atoms with Crippen LogP contribution in [0.25, 0.3) is 5.70 Å². The Kier molecular flexibility index (Phi) is 21.0. The second kappa shape index (κ2) is 26.8. The van der Waals surface area contributed by atoms with Crippen molar-refractivity contribution >= 4 is 41.6 Å². The van der Waals surface area contributed by atoms with Gasteiger partial charge in [0.15, 0.2) is 0 Å². The molecule has 0 radical (unpaired) electrons. The Hall–Kier alpha value is -6.92. The number of aliphatic hydroxyl groups is 2. The van der Waals surface area contributed by atoms with Crippen LogP contribution in [0.5, 0.6) is 0 Å². The molecule has 3 aliphatic rings. The molecule has 7 N–H and O–H groups in total. The van der Waals surface area contributed by atoms with Crippen LogP contribution in [0.1, 0.15) is 88.6 Å². The molecule has 3 aromatic rings. The van der Waals surface area contributed by atoms with Gasteiger partial charge in [0.1, 0.15) is 23.5 Å². The third kappa shape index (κ3) is 16.7. The van der Waals surface area contributed by atoms with Gasteiger partial charge in [0.25, 0.3) is 0 Å². The van der Waals surface area contributed by atoms with Crippen molar-refractivity contribution in [3.63, 3.8) is 0 Å². The number of halogens is 8. The number of ether oxygens (including phenoxy) is 3. The SMILES string of the molecule is COC(=O)C[C@H](C(=O)NN(Cc1c(F)cc(C(N)=CC=NCC(C)(C)O)cc1F)C[C@H](O)[C@H](Cc1ccc(C#Cc2ccc(N3CC4CCC(C3)N4C3COC3)nc2)cc1)NC(=O)[C@@H](NC(=O)OC)C(C)(C)C(F)(F)F)C(C)(C)C(F)(F)F. The zero-order valence-corrected chi connectivity index (χ0v) is 47.3. The molecule has 0 spiro atoms. The van der Waals surface area contributed by atoms with Gasteiger partial charge in [0, 0.05) is 78.6 Å². The highest BCUT2D eigenvalue weighted by Crippen LogP contribution is 2.46. The minimum Gasteiger partial charge on any atom is -0.469 e. The number of alkyl carbamates (subject to hydrolysis) is 1. The number of nitrogens with zero attached hydrogens (tertiary/aromatic N) is 5. The summed E-state index contributed by atoms with van der Waals surface area (Å²) in [4.78, 5) is 66.8. The van der Waals surface area contributed by atoms with E-state index in [9.17, 15) is 55.7 Å². The summed E-state index contributed by atoms with van der Waals surface area (Å²) >= 11 is 0. The van der Waals surface area contributed by atoms with E-state index in [4.69, 9.17) is 10.5 Å². The van der Waals surface area contributed by atoms with E-state index < -0.39 is 120 Å². The van der Waals surface area contributed by atoms with Crippen molar-refractivity contribution < 1.29 is 78.7 Å². The Morgan fingerprint density at radius 3 is 1.96 bits per heavy atom. The fraction of sp³-hybridized carbons (Fsp3) is 0.544. The van der Waals surface area contributed by atoms with Crippen molar-refractivity contribution in [1.82, 2.24) is 31.0 Å². The number of esters is 1. The highest BCUT2D eigenvalue weighted by Gasteiger charge is 2.57. The molecule has 3 saturated heterocycles. The number of amides is 3. The molecule has 1 aromatic heterocycles. The lowest BCUT2D eigenvalue weighted by molar-refractivity contribution is -0.231. The number of anilines is 1. The third-order valence-electron chi connectivity index (χ3n) is 15.2. The number of nitrogens with two attached hydrogens (primary N) is 1. The molecule has 0 saturated carbocycles. The van der Waals surface area contributed by atoms with Crippen molar-refractivity contribution in [2.24, 2.45) is 27.5 Å². The zero-order chi connectivity index (χ0) is 61.4. The second-order valence-corrected chi connectivity index (χ2v) is 22.7. The maximum atomic E-state index is 16.1. The van der Waals surface area contributed by atoms with Crippen LogP contribution in [-0.4, -0.2) is 163 Å². The lowest BCUT2D eigenvalue weighted by atomic mass is 9.75. The first kappa shape index (κ1) is 65.2. The highest BCUT2D eigenvalue weighted by atomic mass is 19.4. The van der Waals surface area contributed by atoms with Crippen LogP contribution >= 0.6 is 0 Å². The number of methoxy groups -OCH3 is 2. The predicted molar refractivity (Wildman–Crippen MR) is 290 cm³/mol. The lowest BCUT2D eigenvalue weighted by Crippen LogP contribution is -2.62. The average molecular weight is 1180 g/mol. The number of hydrogen-bond acceptors (Lipinski definition) is 15. The van der Waals surface area contributed by atoms with E-state index in [0.29, 0.717) is 67.5 Å². The molecule has 2 aromatic carbocycles. The van der Waals surface area contributed by atoms with Gasteiger partial charge >= 0.3 is 24.4 Å². The number of aliphatic hydroxyl groups excluding tert-OH is 1. The summed E-state index contributed by atoms with van der Waals surface area (Å²) in [5.74, 6) is -2.29. The minimum atomic E-state index is -5.15. The van der Waals surface area contributed by atoms with Gasteiger partial charge in [-0.2, -0.15) is 26.3 Å². The van der Waals surface area contributed by atoms with Crippen LogP contribution in [0, 0.1) is 40.2 Å². The van der Waals surface area contributed by atoms with E-state index in [1.54, 1.807) is 18.3 Å². The fourth-order valence-corrected chi connectivity index (χ4v) is 9.82. The number of hydrogen-bond donors (Lipinski definition) is 6. The van der Waals surface area contributed by atoms with Crippen molar-refractivity contribution in [3.8, 4) is 11.8 Å². The third-order valence-corrected chi connectivity index (χ3v) is 15.2. The van der Waals surface area contributed by atoms with Gasteiger partial charge in [0.2, 0.25) is 11.8 Å². The number of aromatic nitrogens is 1. The Bertz CT molecular complexity index is 2860. The number of nitrogens with one attached hydrogen (secondary N) is 3. The minimum absolute atomic E-state index is 0.0553. The van der Waals surface area contributed by atoms with Gasteiger partial charge in [-0.1, -0.05) is 37.8 Å².